The van der Waals surface area contributed by atoms with Crippen LogP contribution in [0.5, 0.6) is 0 Å². The monoisotopic (exact) mass is 586 g/mol. The second-order valence-electron chi connectivity index (χ2n) is 8.66. The third-order valence-electron chi connectivity index (χ3n) is 5.96. The summed E-state index contributed by atoms with van der Waals surface area (Å²) < 4.78 is 29.3. The van der Waals surface area contributed by atoms with Crippen LogP contribution in [-0.4, -0.2) is 43.4 Å². The highest BCUT2D eigenvalue weighted by Crippen LogP contribution is 2.28. The maximum Gasteiger partial charge on any atom is 0.309 e. The maximum absolute atomic E-state index is 13.6. The molecule has 0 aromatic heterocycles. The van der Waals surface area contributed by atoms with Gasteiger partial charge in [0.2, 0.25) is 10.0 Å². The maximum atomic E-state index is 13.6. The van der Waals surface area contributed by atoms with Crippen molar-refractivity contribution in [1.82, 2.24) is 9.62 Å². The molecule has 0 amide bonds. The van der Waals surface area contributed by atoms with Crippen molar-refractivity contribution in [2.75, 3.05) is 19.6 Å². The van der Waals surface area contributed by atoms with E-state index in [0.29, 0.717) is 18.0 Å². The van der Waals surface area contributed by atoms with Crippen LogP contribution in [0.25, 0.3) is 0 Å². The van der Waals surface area contributed by atoms with E-state index in [1.54, 1.807) is 48.5 Å². The average molecular weight is 588 g/mol. The standard InChI is InChI=1S/C26H36BrClN2O4S/c1-3-5-7-17-29-25(20-9-13-22(28)14-10-20)24(26(31)32)19-30(18-8-6-4-2)35(33,34)23-15-11-21(27)12-16-23/h9-16,24-25,29H,3-8,17-19H2,1-2H3,(H,31,32). The van der Waals surface area contributed by atoms with E-state index < -0.39 is 28.0 Å². The molecule has 0 heterocycles. The average Bonchev–Trinajstić information content (AvgIpc) is 2.83. The molecule has 0 aliphatic heterocycles. The molecule has 2 aromatic rings. The summed E-state index contributed by atoms with van der Waals surface area (Å²) in [5, 5.41) is 14.2. The third-order valence-corrected chi connectivity index (χ3v) is 8.62. The number of sulfonamides is 1. The second-order valence-corrected chi connectivity index (χ2v) is 11.9. The molecule has 0 saturated carbocycles. The van der Waals surface area contributed by atoms with E-state index in [-0.39, 0.29) is 18.0 Å². The van der Waals surface area contributed by atoms with Crippen LogP contribution in [0.2, 0.25) is 5.02 Å². The summed E-state index contributed by atoms with van der Waals surface area (Å²) in [7, 11) is -3.88. The predicted molar refractivity (Wildman–Crippen MR) is 145 cm³/mol. The first-order chi connectivity index (χ1) is 16.7. The summed E-state index contributed by atoms with van der Waals surface area (Å²) >= 11 is 9.41. The van der Waals surface area contributed by atoms with Gasteiger partial charge in [-0.1, -0.05) is 79.2 Å². The number of nitrogens with zero attached hydrogens (tertiary/aromatic N) is 1. The SMILES string of the molecule is CCCCCNC(c1ccc(Cl)cc1)C(CN(CCCCC)S(=O)(=O)c1ccc(Br)cc1)C(=O)O. The minimum atomic E-state index is -3.88. The Morgan fingerprint density at radius 2 is 1.60 bits per heavy atom. The van der Waals surface area contributed by atoms with E-state index in [1.807, 2.05) is 6.92 Å². The van der Waals surface area contributed by atoms with Crippen LogP contribution < -0.4 is 5.32 Å². The molecule has 2 N–H and O–H groups in total. The summed E-state index contributed by atoms with van der Waals surface area (Å²) in [5.74, 6) is -2.02. The quantitative estimate of drug-likeness (QED) is 0.219. The van der Waals surface area contributed by atoms with E-state index in [2.05, 4.69) is 28.2 Å². The highest BCUT2D eigenvalue weighted by molar-refractivity contribution is 9.10. The zero-order valence-electron chi connectivity index (χ0n) is 20.4. The number of hydrogen-bond donors (Lipinski definition) is 2. The number of unbranched alkanes of at least 4 members (excludes halogenated alkanes) is 4. The number of benzene rings is 2. The van der Waals surface area contributed by atoms with Gasteiger partial charge in [0.25, 0.3) is 0 Å². The Morgan fingerprint density at radius 3 is 2.17 bits per heavy atom. The number of halogens is 2. The molecule has 0 saturated heterocycles. The van der Waals surface area contributed by atoms with Crippen LogP contribution in [0.15, 0.2) is 57.9 Å². The molecule has 0 aliphatic rings. The predicted octanol–water partition coefficient (Wildman–Crippen LogP) is 6.51. The number of carbonyl (C=O) groups is 1. The molecule has 194 valence electrons. The van der Waals surface area contributed by atoms with Crippen LogP contribution in [0, 0.1) is 5.92 Å². The number of aliphatic carboxylic acids is 1. The molecule has 0 spiro atoms. The summed E-state index contributed by atoms with van der Waals surface area (Å²) in [4.78, 5) is 12.7. The van der Waals surface area contributed by atoms with Crippen molar-refractivity contribution in [2.24, 2.45) is 5.92 Å². The largest absolute Gasteiger partial charge is 0.481 e. The second kappa shape index (κ2) is 15.0. The van der Waals surface area contributed by atoms with Gasteiger partial charge in [0.15, 0.2) is 0 Å². The minimum absolute atomic E-state index is 0.133. The Balaban J connectivity index is 2.41. The van der Waals surface area contributed by atoms with Crippen LogP contribution >= 0.6 is 27.5 Å². The summed E-state index contributed by atoms with van der Waals surface area (Å²) in [6, 6.07) is 13.0. The molecule has 0 fully saturated rings. The van der Waals surface area contributed by atoms with Crippen LogP contribution in [-0.2, 0) is 14.8 Å². The molecule has 2 aromatic carbocycles. The van der Waals surface area contributed by atoms with E-state index in [9.17, 15) is 18.3 Å². The summed E-state index contributed by atoms with van der Waals surface area (Å²) in [6.07, 6.45) is 5.44. The highest BCUT2D eigenvalue weighted by Gasteiger charge is 2.35. The number of carboxylic acids is 1. The van der Waals surface area contributed by atoms with Gasteiger partial charge in [0.1, 0.15) is 0 Å². The number of nitrogens with one attached hydrogen (secondary N) is 1. The Morgan fingerprint density at radius 1 is 1.00 bits per heavy atom. The molecule has 35 heavy (non-hydrogen) atoms. The lowest BCUT2D eigenvalue weighted by Gasteiger charge is -2.31. The fourth-order valence-corrected chi connectivity index (χ4v) is 5.84. The smallest absolute Gasteiger partial charge is 0.309 e. The lowest BCUT2D eigenvalue weighted by Crippen LogP contribution is -2.44. The molecule has 0 bridgehead atoms. The first-order valence-electron chi connectivity index (χ1n) is 12.2. The van der Waals surface area contributed by atoms with Crippen molar-refractivity contribution >= 4 is 43.5 Å². The van der Waals surface area contributed by atoms with Crippen LogP contribution in [0.1, 0.15) is 64.0 Å². The molecule has 9 heteroatoms. The van der Waals surface area contributed by atoms with Gasteiger partial charge in [-0.15, -0.1) is 0 Å². The number of carboxylic acid groups (broad SMARTS) is 1. The van der Waals surface area contributed by atoms with Crippen LogP contribution in [0.3, 0.4) is 0 Å². The van der Waals surface area contributed by atoms with Gasteiger partial charge in [0.05, 0.1) is 10.8 Å². The Hall–Kier alpha value is -1.45. The van der Waals surface area contributed by atoms with Gasteiger partial charge in [0, 0.05) is 28.6 Å². The Bertz CT molecular complexity index is 1020. The zero-order chi connectivity index (χ0) is 25.8. The first-order valence-corrected chi connectivity index (χ1v) is 14.8. The lowest BCUT2D eigenvalue weighted by atomic mass is 9.92. The normalized spacial score (nSPS) is 13.6. The van der Waals surface area contributed by atoms with E-state index >= 15 is 0 Å². The molecule has 0 aliphatic carbocycles. The first kappa shape index (κ1) is 29.8. The zero-order valence-corrected chi connectivity index (χ0v) is 23.6. The Kier molecular flexibility index (Phi) is 12.7. The van der Waals surface area contributed by atoms with Gasteiger partial charge >= 0.3 is 5.97 Å². The summed E-state index contributed by atoms with van der Waals surface area (Å²) in [5.41, 5.74) is 0.771. The van der Waals surface area contributed by atoms with Crippen LogP contribution in [0.4, 0.5) is 0 Å². The molecule has 0 radical (unpaired) electrons. The van der Waals surface area contributed by atoms with Crippen molar-refractivity contribution in [3.63, 3.8) is 0 Å². The van der Waals surface area contributed by atoms with Crippen molar-refractivity contribution < 1.29 is 18.3 Å². The van der Waals surface area contributed by atoms with Crippen molar-refractivity contribution in [3.05, 3.63) is 63.6 Å². The Labute approximate surface area is 223 Å². The van der Waals surface area contributed by atoms with Gasteiger partial charge in [-0.25, -0.2) is 8.42 Å². The molecule has 6 nitrogen and oxygen atoms in total. The van der Waals surface area contributed by atoms with Crippen molar-refractivity contribution in [3.8, 4) is 0 Å². The number of hydrogen-bond acceptors (Lipinski definition) is 4. The summed E-state index contributed by atoms with van der Waals surface area (Å²) in [6.45, 7) is 4.92. The lowest BCUT2D eigenvalue weighted by molar-refractivity contribution is -0.143. The topological polar surface area (TPSA) is 86.7 Å². The third kappa shape index (κ3) is 9.17. The van der Waals surface area contributed by atoms with Crippen molar-refractivity contribution in [1.29, 1.82) is 0 Å². The van der Waals surface area contributed by atoms with E-state index in [1.165, 1.54) is 4.31 Å². The highest BCUT2D eigenvalue weighted by atomic mass is 79.9. The molecular weight excluding hydrogens is 552 g/mol. The fraction of sp³-hybridized carbons (Fsp3) is 0.500. The van der Waals surface area contributed by atoms with E-state index in [0.717, 1.165) is 42.1 Å². The minimum Gasteiger partial charge on any atom is -0.481 e. The number of rotatable bonds is 16. The van der Waals surface area contributed by atoms with Crippen molar-refractivity contribution in [2.45, 2.75) is 63.3 Å². The molecule has 2 unspecified atom stereocenters. The van der Waals surface area contributed by atoms with E-state index in [4.69, 9.17) is 11.6 Å². The van der Waals surface area contributed by atoms with Gasteiger partial charge in [-0.05, 0) is 61.3 Å². The van der Waals surface area contributed by atoms with Gasteiger partial charge in [-0.3, -0.25) is 4.79 Å². The van der Waals surface area contributed by atoms with Gasteiger partial charge in [-0.2, -0.15) is 4.31 Å². The molecule has 2 rings (SSSR count). The fourth-order valence-electron chi connectivity index (χ4n) is 3.94. The molecular formula is C26H36BrClN2O4S. The van der Waals surface area contributed by atoms with Gasteiger partial charge < -0.3 is 10.4 Å². The molecule has 2 atom stereocenters.